The van der Waals surface area contributed by atoms with Crippen LogP contribution < -0.4 is 5.32 Å². The number of fused-ring (bicyclic) bond motifs is 1. The van der Waals surface area contributed by atoms with Gasteiger partial charge in [-0.05, 0) is 19.9 Å². The molecule has 0 aromatic carbocycles. The summed E-state index contributed by atoms with van der Waals surface area (Å²) in [6.07, 6.45) is 4.27. The van der Waals surface area contributed by atoms with E-state index in [2.05, 4.69) is 29.2 Å². The molecule has 6 nitrogen and oxygen atoms in total. The summed E-state index contributed by atoms with van der Waals surface area (Å²) in [5, 5.41) is 18.5. The Morgan fingerprint density at radius 3 is 2.95 bits per heavy atom. The van der Waals surface area contributed by atoms with Gasteiger partial charge in [0.15, 0.2) is 5.82 Å². The number of aliphatic hydroxyl groups is 1. The zero-order valence-electron chi connectivity index (χ0n) is 13.6. The molecule has 22 heavy (non-hydrogen) atoms. The molecule has 2 aromatic rings. The van der Waals surface area contributed by atoms with Gasteiger partial charge in [0, 0.05) is 37.4 Å². The molecule has 0 bridgehead atoms. The van der Waals surface area contributed by atoms with Gasteiger partial charge in [-0.2, -0.15) is 5.10 Å². The minimum Gasteiger partial charge on any atom is -0.387 e. The average molecular weight is 304 g/mol. The van der Waals surface area contributed by atoms with Crippen LogP contribution in [0, 0.1) is 12.3 Å². The van der Waals surface area contributed by atoms with E-state index in [4.69, 9.17) is 4.74 Å². The summed E-state index contributed by atoms with van der Waals surface area (Å²) >= 11 is 0. The van der Waals surface area contributed by atoms with Crippen molar-refractivity contribution < 1.29 is 9.84 Å². The maximum Gasteiger partial charge on any atom is 0.152 e. The number of anilines is 1. The molecule has 0 radical (unpaired) electrons. The topological polar surface area (TPSA) is 71.7 Å². The van der Waals surface area contributed by atoms with Crippen molar-refractivity contribution in [2.75, 3.05) is 18.5 Å². The van der Waals surface area contributed by atoms with E-state index < -0.39 is 5.60 Å². The number of nitrogens with one attached hydrogen (secondary N) is 1. The van der Waals surface area contributed by atoms with Crippen LogP contribution in [0.25, 0.3) is 5.52 Å². The first-order valence-corrected chi connectivity index (χ1v) is 7.76. The average Bonchev–Trinajstić information content (AvgIpc) is 2.85. The van der Waals surface area contributed by atoms with Gasteiger partial charge >= 0.3 is 0 Å². The second kappa shape index (κ2) is 5.21. The molecule has 120 valence electrons. The standard InChI is InChI=1S/C16H24N4O2/c1-5-22-13-9-16(21,15(13,3)4)10-18-14-12-8-11(2)19-20(12)7-6-17-14/h6-8,13,21H,5,9-10H2,1-4H3,(H,17,18)/t13-,16+/m0/s1. The molecule has 1 fully saturated rings. The summed E-state index contributed by atoms with van der Waals surface area (Å²) in [6, 6.07) is 1.98. The highest BCUT2D eigenvalue weighted by atomic mass is 16.5. The van der Waals surface area contributed by atoms with Crippen molar-refractivity contribution in [1.29, 1.82) is 0 Å². The third-order valence-corrected chi connectivity index (χ3v) is 4.96. The van der Waals surface area contributed by atoms with Gasteiger partial charge < -0.3 is 15.2 Å². The van der Waals surface area contributed by atoms with Gasteiger partial charge in [0.1, 0.15) is 5.52 Å². The van der Waals surface area contributed by atoms with Gasteiger partial charge in [0.25, 0.3) is 0 Å². The molecule has 0 amide bonds. The van der Waals surface area contributed by atoms with Crippen LogP contribution in [0.3, 0.4) is 0 Å². The lowest BCUT2D eigenvalue weighted by Crippen LogP contribution is -2.67. The molecule has 2 atom stereocenters. The van der Waals surface area contributed by atoms with Crippen molar-refractivity contribution in [3.8, 4) is 0 Å². The number of hydrogen-bond acceptors (Lipinski definition) is 5. The van der Waals surface area contributed by atoms with Gasteiger partial charge in [-0.25, -0.2) is 9.50 Å². The first-order chi connectivity index (χ1) is 10.4. The Balaban J connectivity index is 1.75. The Bertz CT molecular complexity index is 682. The summed E-state index contributed by atoms with van der Waals surface area (Å²) < 4.78 is 7.49. The first kappa shape index (κ1) is 15.2. The zero-order valence-corrected chi connectivity index (χ0v) is 13.6. The molecular weight excluding hydrogens is 280 g/mol. The smallest absolute Gasteiger partial charge is 0.152 e. The summed E-state index contributed by atoms with van der Waals surface area (Å²) in [5.41, 5.74) is 0.783. The molecule has 1 saturated carbocycles. The van der Waals surface area contributed by atoms with Crippen LogP contribution in [0.4, 0.5) is 5.82 Å². The second-order valence-electron chi connectivity index (χ2n) is 6.65. The van der Waals surface area contributed by atoms with Crippen LogP contribution >= 0.6 is 0 Å². The number of ether oxygens (including phenoxy) is 1. The molecule has 2 heterocycles. The van der Waals surface area contributed by atoms with Crippen LogP contribution in [0.5, 0.6) is 0 Å². The van der Waals surface area contributed by atoms with Gasteiger partial charge in [-0.1, -0.05) is 13.8 Å². The fourth-order valence-electron chi connectivity index (χ4n) is 3.17. The van der Waals surface area contributed by atoms with E-state index in [0.717, 1.165) is 17.0 Å². The van der Waals surface area contributed by atoms with Gasteiger partial charge in [-0.3, -0.25) is 0 Å². The lowest BCUT2D eigenvalue weighted by Gasteiger charge is -2.58. The number of nitrogens with zero attached hydrogens (tertiary/aromatic N) is 3. The van der Waals surface area contributed by atoms with Crippen molar-refractivity contribution in [3.63, 3.8) is 0 Å². The lowest BCUT2D eigenvalue weighted by molar-refractivity contribution is -0.233. The van der Waals surface area contributed by atoms with E-state index in [-0.39, 0.29) is 11.5 Å². The van der Waals surface area contributed by atoms with Crippen molar-refractivity contribution >= 4 is 11.3 Å². The maximum atomic E-state index is 10.9. The third-order valence-electron chi connectivity index (χ3n) is 4.96. The van der Waals surface area contributed by atoms with Crippen LogP contribution in [-0.4, -0.2) is 44.6 Å². The largest absolute Gasteiger partial charge is 0.387 e. The normalized spacial score (nSPS) is 26.9. The highest BCUT2D eigenvalue weighted by molar-refractivity contribution is 5.67. The van der Waals surface area contributed by atoms with E-state index >= 15 is 0 Å². The predicted molar refractivity (Wildman–Crippen MR) is 85.0 cm³/mol. The fraction of sp³-hybridized carbons (Fsp3) is 0.625. The quantitative estimate of drug-likeness (QED) is 0.884. The summed E-state index contributed by atoms with van der Waals surface area (Å²) in [6.45, 7) is 9.16. The molecule has 3 rings (SSSR count). The summed E-state index contributed by atoms with van der Waals surface area (Å²) in [7, 11) is 0. The number of hydrogen-bond donors (Lipinski definition) is 2. The Labute approximate surface area is 130 Å². The molecule has 6 heteroatoms. The highest BCUT2D eigenvalue weighted by Gasteiger charge is 2.59. The van der Waals surface area contributed by atoms with E-state index in [1.807, 2.05) is 26.1 Å². The van der Waals surface area contributed by atoms with E-state index in [1.165, 1.54) is 0 Å². The molecule has 0 unspecified atom stereocenters. The molecular formula is C16H24N4O2. The van der Waals surface area contributed by atoms with Crippen LogP contribution in [0.1, 0.15) is 32.9 Å². The SMILES string of the molecule is CCO[C@H]1C[C@@](O)(CNc2nccn3nc(C)cc23)C1(C)C. The second-order valence-corrected chi connectivity index (χ2v) is 6.65. The lowest BCUT2D eigenvalue weighted by atomic mass is 9.56. The summed E-state index contributed by atoms with van der Waals surface area (Å²) in [5.74, 6) is 0.743. The molecule has 2 N–H and O–H groups in total. The Morgan fingerprint density at radius 2 is 2.27 bits per heavy atom. The van der Waals surface area contributed by atoms with Gasteiger partial charge in [0.2, 0.25) is 0 Å². The van der Waals surface area contributed by atoms with Gasteiger partial charge in [-0.15, -0.1) is 0 Å². The predicted octanol–water partition coefficient (Wildman–Crippen LogP) is 2.02. The molecule has 0 aliphatic heterocycles. The number of rotatable bonds is 5. The van der Waals surface area contributed by atoms with E-state index in [0.29, 0.717) is 19.6 Å². The Kier molecular flexibility index (Phi) is 3.61. The minimum absolute atomic E-state index is 0.102. The van der Waals surface area contributed by atoms with Crippen LogP contribution in [0.2, 0.25) is 0 Å². The minimum atomic E-state index is -0.795. The number of aromatic nitrogens is 3. The molecule has 1 aliphatic rings. The molecule has 0 saturated heterocycles. The van der Waals surface area contributed by atoms with Crippen molar-refractivity contribution in [2.45, 2.75) is 45.8 Å². The summed E-state index contributed by atoms with van der Waals surface area (Å²) in [4.78, 5) is 4.37. The van der Waals surface area contributed by atoms with E-state index in [1.54, 1.807) is 10.7 Å². The molecule has 1 aliphatic carbocycles. The highest BCUT2D eigenvalue weighted by Crippen LogP contribution is 2.51. The van der Waals surface area contributed by atoms with Crippen molar-refractivity contribution in [1.82, 2.24) is 14.6 Å². The van der Waals surface area contributed by atoms with Crippen LogP contribution in [0.15, 0.2) is 18.5 Å². The fourth-order valence-corrected chi connectivity index (χ4v) is 3.17. The third kappa shape index (κ3) is 2.27. The van der Waals surface area contributed by atoms with Crippen molar-refractivity contribution in [3.05, 3.63) is 24.2 Å². The Morgan fingerprint density at radius 1 is 1.50 bits per heavy atom. The molecule has 0 spiro atoms. The maximum absolute atomic E-state index is 10.9. The first-order valence-electron chi connectivity index (χ1n) is 7.76. The van der Waals surface area contributed by atoms with Crippen LogP contribution in [-0.2, 0) is 4.74 Å². The van der Waals surface area contributed by atoms with Gasteiger partial charge in [0.05, 0.1) is 17.4 Å². The van der Waals surface area contributed by atoms with Crippen molar-refractivity contribution in [2.24, 2.45) is 5.41 Å². The van der Waals surface area contributed by atoms with E-state index in [9.17, 15) is 5.11 Å². The zero-order chi connectivity index (χ0) is 16.0. The monoisotopic (exact) mass is 304 g/mol. The number of aryl methyl sites for hydroxylation is 1. The molecule has 2 aromatic heterocycles. The Hall–Kier alpha value is -1.66.